The van der Waals surface area contributed by atoms with E-state index in [4.69, 9.17) is 16.1 Å². The fourth-order valence-corrected chi connectivity index (χ4v) is 2.75. The lowest BCUT2D eigenvalue weighted by atomic mass is 10.1. The van der Waals surface area contributed by atoms with Crippen LogP contribution in [0.2, 0.25) is 5.02 Å². The van der Waals surface area contributed by atoms with Crippen molar-refractivity contribution in [1.29, 1.82) is 0 Å². The molecule has 1 aromatic heterocycles. The Morgan fingerprint density at radius 2 is 1.77 bits per heavy atom. The van der Waals surface area contributed by atoms with Gasteiger partial charge in [-0.1, -0.05) is 28.9 Å². The predicted octanol–water partition coefficient (Wildman–Crippen LogP) is 2.77. The van der Waals surface area contributed by atoms with Crippen molar-refractivity contribution in [3.8, 4) is 11.4 Å². The highest BCUT2D eigenvalue weighted by Crippen LogP contribution is 2.27. The Morgan fingerprint density at radius 3 is 2.43 bits per heavy atom. The second-order valence-electron chi connectivity index (χ2n) is 6.15. The Kier molecular flexibility index (Phi) is 6.38. The van der Waals surface area contributed by atoms with Crippen molar-refractivity contribution >= 4 is 29.1 Å². The van der Waals surface area contributed by atoms with Gasteiger partial charge in [0.1, 0.15) is 0 Å². The Morgan fingerprint density at radius 1 is 1.10 bits per heavy atom. The van der Waals surface area contributed by atoms with E-state index in [9.17, 15) is 19.7 Å². The maximum atomic E-state index is 12.2. The monoisotopic (exact) mass is 429 g/mol. The third-order valence-electron chi connectivity index (χ3n) is 4.17. The van der Waals surface area contributed by atoms with E-state index in [-0.39, 0.29) is 36.4 Å². The molecule has 0 aliphatic rings. The van der Waals surface area contributed by atoms with Crippen LogP contribution >= 0.6 is 11.6 Å². The molecule has 0 saturated heterocycles. The summed E-state index contributed by atoms with van der Waals surface area (Å²) in [4.78, 5) is 38.7. The molecule has 0 saturated carbocycles. The van der Waals surface area contributed by atoms with Gasteiger partial charge >= 0.3 is 11.8 Å². The minimum atomic E-state index is -0.627. The van der Waals surface area contributed by atoms with Crippen molar-refractivity contribution in [3.63, 3.8) is 0 Å². The Hall–Kier alpha value is -3.79. The van der Waals surface area contributed by atoms with Gasteiger partial charge in [-0.25, -0.2) is 0 Å². The van der Waals surface area contributed by atoms with E-state index in [0.29, 0.717) is 21.7 Å². The van der Waals surface area contributed by atoms with Gasteiger partial charge in [-0.2, -0.15) is 4.98 Å². The summed E-state index contributed by atoms with van der Waals surface area (Å²) in [6.45, 7) is 1.87. The quantitative estimate of drug-likeness (QED) is 0.334. The summed E-state index contributed by atoms with van der Waals surface area (Å²) in [5.74, 6) is -1.16. The average Bonchev–Trinajstić information content (AvgIpc) is 3.21. The number of halogens is 1. The molecular formula is C19H16ClN5O5. The Balaban J connectivity index is 1.56. The molecule has 0 fully saturated rings. The summed E-state index contributed by atoms with van der Waals surface area (Å²) in [6.07, 6.45) is 0. The van der Waals surface area contributed by atoms with Gasteiger partial charge in [-0.3, -0.25) is 19.7 Å². The van der Waals surface area contributed by atoms with E-state index in [1.807, 2.05) is 0 Å². The molecule has 3 aromatic rings. The number of hydrogen-bond acceptors (Lipinski definition) is 7. The number of nitrogens with one attached hydrogen (secondary N) is 2. The van der Waals surface area contributed by atoms with E-state index >= 15 is 0 Å². The molecule has 2 amide bonds. The van der Waals surface area contributed by atoms with Crippen LogP contribution in [0.5, 0.6) is 0 Å². The summed E-state index contributed by atoms with van der Waals surface area (Å²) >= 11 is 5.78. The number of carbonyl (C=O) groups excluding carboxylic acids is 2. The molecule has 3 rings (SSSR count). The molecule has 0 unspecified atom stereocenters. The lowest BCUT2D eigenvalue weighted by molar-refractivity contribution is -0.385. The molecule has 0 atom stereocenters. The smallest absolute Gasteiger partial charge is 0.316 e. The highest BCUT2D eigenvalue weighted by atomic mass is 35.5. The van der Waals surface area contributed by atoms with Gasteiger partial charge in [0.15, 0.2) is 0 Å². The van der Waals surface area contributed by atoms with Crippen molar-refractivity contribution < 1.29 is 19.0 Å². The number of benzene rings is 2. The molecule has 2 N–H and O–H groups in total. The number of nitrogens with zero attached hydrogens (tertiary/aromatic N) is 3. The van der Waals surface area contributed by atoms with E-state index < -0.39 is 10.8 Å². The molecule has 0 aliphatic heterocycles. The number of nitro benzene ring substituents is 1. The number of aromatic nitrogens is 2. The minimum Gasteiger partial charge on any atom is -0.350 e. The van der Waals surface area contributed by atoms with Gasteiger partial charge in [0.25, 0.3) is 11.6 Å². The zero-order valence-electron chi connectivity index (χ0n) is 15.7. The van der Waals surface area contributed by atoms with Gasteiger partial charge in [-0.05, 0) is 31.2 Å². The topological polar surface area (TPSA) is 140 Å². The van der Waals surface area contributed by atoms with Gasteiger partial charge in [0.05, 0.1) is 4.92 Å². The molecule has 11 heteroatoms. The van der Waals surface area contributed by atoms with Crippen molar-refractivity contribution in [2.45, 2.75) is 6.92 Å². The number of rotatable bonds is 7. The summed E-state index contributed by atoms with van der Waals surface area (Å²) in [7, 11) is 0. The zero-order chi connectivity index (χ0) is 21.7. The van der Waals surface area contributed by atoms with Crippen LogP contribution in [0.1, 0.15) is 26.6 Å². The van der Waals surface area contributed by atoms with Crippen LogP contribution in [0.3, 0.4) is 0 Å². The average molecular weight is 430 g/mol. The fourth-order valence-electron chi connectivity index (χ4n) is 2.62. The van der Waals surface area contributed by atoms with Crippen LogP contribution in [-0.2, 0) is 0 Å². The standard InChI is InChI=1S/C19H16ClN5O5/c1-11-14(3-2-4-15(11)25(28)29)16-23-19(30-24-16)18(27)22-10-9-21-17(26)12-5-7-13(20)8-6-12/h2-8H,9-10H2,1H3,(H,21,26)(H,22,27). The molecule has 0 radical (unpaired) electrons. The summed E-state index contributed by atoms with van der Waals surface area (Å²) in [5.41, 5.74) is 1.11. The van der Waals surface area contributed by atoms with Crippen molar-refractivity contribution in [3.05, 3.63) is 74.6 Å². The number of amides is 2. The number of nitro groups is 1. The van der Waals surface area contributed by atoms with E-state index in [1.54, 1.807) is 37.3 Å². The number of hydrogen-bond donors (Lipinski definition) is 2. The van der Waals surface area contributed by atoms with Crippen LogP contribution in [0.25, 0.3) is 11.4 Å². The SMILES string of the molecule is Cc1c(-c2noc(C(=O)NCCNC(=O)c3ccc(Cl)cc3)n2)cccc1[N+](=O)[O-]. The summed E-state index contributed by atoms with van der Waals surface area (Å²) in [5, 5.41) is 20.5. The van der Waals surface area contributed by atoms with Gasteiger partial charge in [0.2, 0.25) is 5.82 Å². The van der Waals surface area contributed by atoms with E-state index in [2.05, 4.69) is 20.8 Å². The van der Waals surface area contributed by atoms with Crippen LogP contribution in [-0.4, -0.2) is 40.0 Å². The number of carbonyl (C=O) groups is 2. The summed E-state index contributed by atoms with van der Waals surface area (Å²) in [6, 6.07) is 10.9. The summed E-state index contributed by atoms with van der Waals surface area (Å²) < 4.78 is 4.95. The molecule has 10 nitrogen and oxygen atoms in total. The maximum Gasteiger partial charge on any atom is 0.316 e. The highest BCUT2D eigenvalue weighted by molar-refractivity contribution is 6.30. The lowest BCUT2D eigenvalue weighted by Crippen LogP contribution is -2.34. The molecule has 2 aromatic carbocycles. The Labute approximate surface area is 175 Å². The first-order valence-corrected chi connectivity index (χ1v) is 9.14. The van der Waals surface area contributed by atoms with Crippen LogP contribution in [0.4, 0.5) is 5.69 Å². The molecule has 1 heterocycles. The van der Waals surface area contributed by atoms with Crippen molar-refractivity contribution in [2.75, 3.05) is 13.1 Å². The normalized spacial score (nSPS) is 10.5. The van der Waals surface area contributed by atoms with Crippen LogP contribution in [0, 0.1) is 17.0 Å². The first-order chi connectivity index (χ1) is 14.4. The van der Waals surface area contributed by atoms with Crippen molar-refractivity contribution in [1.82, 2.24) is 20.8 Å². The van der Waals surface area contributed by atoms with Gasteiger partial charge < -0.3 is 15.2 Å². The van der Waals surface area contributed by atoms with Crippen LogP contribution in [0.15, 0.2) is 47.0 Å². The molecule has 154 valence electrons. The fraction of sp³-hybridized carbons (Fsp3) is 0.158. The zero-order valence-corrected chi connectivity index (χ0v) is 16.5. The first-order valence-electron chi connectivity index (χ1n) is 8.77. The van der Waals surface area contributed by atoms with Crippen LogP contribution < -0.4 is 10.6 Å². The third kappa shape index (κ3) is 4.78. The lowest BCUT2D eigenvalue weighted by Gasteiger charge is -2.05. The maximum absolute atomic E-state index is 12.2. The highest BCUT2D eigenvalue weighted by Gasteiger charge is 2.20. The molecule has 30 heavy (non-hydrogen) atoms. The largest absolute Gasteiger partial charge is 0.350 e. The Bertz CT molecular complexity index is 1100. The van der Waals surface area contributed by atoms with E-state index in [0.717, 1.165) is 0 Å². The van der Waals surface area contributed by atoms with Gasteiger partial charge in [-0.15, -0.1) is 0 Å². The third-order valence-corrected chi connectivity index (χ3v) is 4.42. The van der Waals surface area contributed by atoms with Gasteiger partial charge in [0, 0.05) is 40.9 Å². The molecule has 0 bridgehead atoms. The second-order valence-corrected chi connectivity index (χ2v) is 6.59. The second kappa shape index (κ2) is 9.14. The predicted molar refractivity (Wildman–Crippen MR) is 107 cm³/mol. The van der Waals surface area contributed by atoms with Crippen molar-refractivity contribution in [2.24, 2.45) is 0 Å². The first kappa shape index (κ1) is 20.9. The minimum absolute atomic E-state index is 0.0670. The molecule has 0 aliphatic carbocycles. The molecular weight excluding hydrogens is 414 g/mol. The molecule has 0 spiro atoms. The van der Waals surface area contributed by atoms with E-state index in [1.165, 1.54) is 12.1 Å².